The first kappa shape index (κ1) is 17.9. The summed E-state index contributed by atoms with van der Waals surface area (Å²) >= 11 is 0. The number of aliphatic hydroxyl groups is 2. The summed E-state index contributed by atoms with van der Waals surface area (Å²) < 4.78 is 11.8. The Morgan fingerprint density at radius 3 is 2.62 bits per heavy atom. The number of nitrogens with zero attached hydrogens (tertiary/aromatic N) is 1. The van der Waals surface area contributed by atoms with E-state index in [2.05, 4.69) is 18.9 Å². The molecule has 160 valence electrons. The van der Waals surface area contributed by atoms with Gasteiger partial charge in [-0.2, -0.15) is 0 Å². The molecule has 8 fully saturated rings. The van der Waals surface area contributed by atoms with E-state index >= 15 is 0 Å². The maximum absolute atomic E-state index is 11.9. The number of esters is 1. The molecule has 0 aromatic heterocycles. The van der Waals surface area contributed by atoms with Gasteiger partial charge in [-0.05, 0) is 62.3 Å². The van der Waals surface area contributed by atoms with Crippen molar-refractivity contribution in [2.45, 2.75) is 75.9 Å². The van der Waals surface area contributed by atoms with Crippen LogP contribution in [-0.4, -0.2) is 71.2 Å². The quantitative estimate of drug-likeness (QED) is 0.506. The zero-order valence-electron chi connectivity index (χ0n) is 17.6. The number of piperidine rings is 1. The van der Waals surface area contributed by atoms with Crippen molar-refractivity contribution in [3.05, 3.63) is 0 Å². The van der Waals surface area contributed by atoms with Gasteiger partial charge in [0.1, 0.15) is 11.7 Å². The molecule has 12 atom stereocenters. The van der Waals surface area contributed by atoms with Crippen molar-refractivity contribution in [1.29, 1.82) is 0 Å². The summed E-state index contributed by atoms with van der Waals surface area (Å²) in [4.78, 5) is 14.4. The largest absolute Gasteiger partial charge is 0.462 e. The SMILES string of the molecule is CC(=O)O[C@H]1C[C@]23[C@H](O)[C@@]4(CO4)[C@@H]1C[C@H]2[C@]12[C@@H]4C[C@H]3[C@H]1N(C)C[C@@]4(C)CC[C@@H]2O. The molecule has 2 saturated heterocycles. The van der Waals surface area contributed by atoms with Crippen molar-refractivity contribution >= 4 is 5.97 Å². The number of fused-ring (bicyclic) bond motifs is 1. The molecular formula is C23H33NO5. The number of likely N-dealkylation sites (tertiary alicyclic amines) is 1. The Bertz CT molecular complexity index is 813. The van der Waals surface area contributed by atoms with E-state index in [1.54, 1.807) is 0 Å². The summed E-state index contributed by atoms with van der Waals surface area (Å²) in [7, 11) is 2.24. The van der Waals surface area contributed by atoms with E-state index in [4.69, 9.17) is 9.47 Å². The number of carbonyl (C=O) groups excluding carboxylic acids is 1. The summed E-state index contributed by atoms with van der Waals surface area (Å²) in [6.07, 6.45) is 3.75. The molecule has 2 N–H and O–H groups in total. The van der Waals surface area contributed by atoms with Gasteiger partial charge in [-0.25, -0.2) is 0 Å². The van der Waals surface area contributed by atoms with Crippen LogP contribution in [0.5, 0.6) is 0 Å². The minimum Gasteiger partial charge on any atom is -0.462 e. The van der Waals surface area contributed by atoms with Gasteiger partial charge < -0.3 is 24.6 Å². The molecule has 6 nitrogen and oxygen atoms in total. The highest BCUT2D eigenvalue weighted by molar-refractivity contribution is 5.66. The Hall–Kier alpha value is -0.690. The summed E-state index contributed by atoms with van der Waals surface area (Å²) in [5.41, 5.74) is -0.691. The third-order valence-corrected chi connectivity index (χ3v) is 11.3. The predicted molar refractivity (Wildman–Crippen MR) is 103 cm³/mol. The molecule has 0 unspecified atom stereocenters. The number of hydrogen-bond acceptors (Lipinski definition) is 6. The number of carbonyl (C=O) groups is 1. The van der Waals surface area contributed by atoms with Crippen LogP contribution in [0.4, 0.5) is 0 Å². The fourth-order valence-corrected chi connectivity index (χ4v) is 10.9. The van der Waals surface area contributed by atoms with Gasteiger partial charge in [0.25, 0.3) is 0 Å². The lowest BCUT2D eigenvalue weighted by atomic mass is 9.38. The Balaban J connectivity index is 1.42. The lowest BCUT2D eigenvalue weighted by Crippen LogP contribution is -2.73. The second-order valence-corrected chi connectivity index (χ2v) is 12.0. The van der Waals surface area contributed by atoms with Crippen LogP contribution in [-0.2, 0) is 14.3 Å². The van der Waals surface area contributed by atoms with Gasteiger partial charge in [-0.15, -0.1) is 0 Å². The first-order valence-electron chi connectivity index (χ1n) is 11.6. The maximum atomic E-state index is 11.9. The highest BCUT2D eigenvalue weighted by atomic mass is 16.6. The normalized spacial score (nSPS) is 66.2. The van der Waals surface area contributed by atoms with Gasteiger partial charge in [-0.1, -0.05) is 6.92 Å². The van der Waals surface area contributed by atoms with E-state index in [-0.39, 0.29) is 40.3 Å². The van der Waals surface area contributed by atoms with Gasteiger partial charge in [0.2, 0.25) is 0 Å². The number of ether oxygens (including phenoxy) is 2. The molecule has 2 heterocycles. The molecule has 8 aliphatic rings. The van der Waals surface area contributed by atoms with Crippen LogP contribution < -0.4 is 0 Å². The fourth-order valence-electron chi connectivity index (χ4n) is 10.9. The number of epoxide rings is 1. The first-order valence-corrected chi connectivity index (χ1v) is 11.6. The molecule has 6 heteroatoms. The topological polar surface area (TPSA) is 82.5 Å². The highest BCUT2D eigenvalue weighted by Gasteiger charge is 2.88. The third-order valence-electron chi connectivity index (χ3n) is 11.3. The second-order valence-electron chi connectivity index (χ2n) is 12.0. The van der Waals surface area contributed by atoms with Crippen molar-refractivity contribution in [2.75, 3.05) is 20.2 Å². The van der Waals surface area contributed by atoms with Crippen molar-refractivity contribution in [3.8, 4) is 0 Å². The molecule has 0 amide bonds. The van der Waals surface area contributed by atoms with Gasteiger partial charge in [-0.3, -0.25) is 4.79 Å². The van der Waals surface area contributed by atoms with E-state index in [0.29, 0.717) is 30.4 Å². The molecule has 7 bridgehead atoms. The minimum atomic E-state index is -0.522. The molecule has 2 aliphatic heterocycles. The fraction of sp³-hybridized carbons (Fsp3) is 0.957. The van der Waals surface area contributed by atoms with Gasteiger partial charge in [0.15, 0.2) is 0 Å². The Morgan fingerprint density at radius 2 is 1.93 bits per heavy atom. The zero-order chi connectivity index (χ0) is 20.1. The van der Waals surface area contributed by atoms with Crippen molar-refractivity contribution in [2.24, 2.45) is 39.9 Å². The van der Waals surface area contributed by atoms with Crippen molar-refractivity contribution in [3.63, 3.8) is 0 Å². The van der Waals surface area contributed by atoms with E-state index in [9.17, 15) is 15.0 Å². The lowest BCUT2D eigenvalue weighted by molar-refractivity contribution is -0.273. The van der Waals surface area contributed by atoms with Crippen LogP contribution in [0.15, 0.2) is 0 Å². The molecule has 3 spiro atoms. The Morgan fingerprint density at radius 1 is 1.21 bits per heavy atom. The molecule has 29 heavy (non-hydrogen) atoms. The average Bonchev–Trinajstić information content (AvgIpc) is 3.30. The monoisotopic (exact) mass is 403 g/mol. The van der Waals surface area contributed by atoms with E-state index < -0.39 is 11.7 Å². The summed E-state index contributed by atoms with van der Waals surface area (Å²) in [5, 5.41) is 23.4. The third kappa shape index (κ3) is 1.61. The van der Waals surface area contributed by atoms with Gasteiger partial charge in [0.05, 0.1) is 18.8 Å². The van der Waals surface area contributed by atoms with E-state index in [1.165, 1.54) is 6.92 Å². The molecule has 6 saturated carbocycles. The number of hydrogen-bond donors (Lipinski definition) is 2. The molecule has 6 aliphatic carbocycles. The standard InChI is InChI=1S/C23H33NO5/c1-11(25)29-14-8-21-13-7-15-20(2)5-4-17(26)23(15,18(13)24(3)9-20)16(21)6-12(14)22(10-28-22)19(21)27/h12-19,26-27H,4-10H2,1-3H3/t12-,13+,14+,15-,16-,17+,18-,19+,20-,21-,22-,23+/m1/s1. The van der Waals surface area contributed by atoms with Crippen LogP contribution in [0.25, 0.3) is 0 Å². The van der Waals surface area contributed by atoms with E-state index in [1.807, 2.05) is 0 Å². The maximum Gasteiger partial charge on any atom is 0.302 e. The predicted octanol–water partition coefficient (Wildman–Crippen LogP) is 1.19. The van der Waals surface area contributed by atoms with Crippen molar-refractivity contribution < 1.29 is 24.5 Å². The molecule has 0 radical (unpaired) electrons. The van der Waals surface area contributed by atoms with Crippen molar-refractivity contribution in [1.82, 2.24) is 4.90 Å². The number of aliphatic hydroxyl groups excluding tert-OH is 2. The highest BCUT2D eigenvalue weighted by Crippen LogP contribution is 2.84. The van der Waals surface area contributed by atoms with Gasteiger partial charge in [0, 0.05) is 36.3 Å². The van der Waals surface area contributed by atoms with Crippen LogP contribution in [0.1, 0.15) is 46.0 Å². The average molecular weight is 404 g/mol. The van der Waals surface area contributed by atoms with Crippen LogP contribution in [0.2, 0.25) is 0 Å². The Labute approximate surface area is 171 Å². The van der Waals surface area contributed by atoms with Crippen LogP contribution >= 0.6 is 0 Å². The van der Waals surface area contributed by atoms with E-state index in [0.717, 1.165) is 38.6 Å². The molecule has 0 aromatic carbocycles. The first-order chi connectivity index (χ1) is 13.7. The lowest BCUT2D eigenvalue weighted by Gasteiger charge is -2.69. The van der Waals surface area contributed by atoms with Gasteiger partial charge >= 0.3 is 5.97 Å². The minimum absolute atomic E-state index is 0.0495. The zero-order valence-corrected chi connectivity index (χ0v) is 17.6. The van der Waals surface area contributed by atoms with Crippen LogP contribution in [0.3, 0.4) is 0 Å². The second kappa shape index (κ2) is 4.87. The summed E-state index contributed by atoms with van der Waals surface area (Å²) in [5.74, 6) is 0.988. The molecule has 8 rings (SSSR count). The molecular weight excluding hydrogens is 370 g/mol. The summed E-state index contributed by atoms with van der Waals surface area (Å²) in [6.45, 7) is 5.60. The van der Waals surface area contributed by atoms with Crippen LogP contribution in [0, 0.1) is 39.9 Å². The number of rotatable bonds is 1. The smallest absolute Gasteiger partial charge is 0.302 e. The molecule has 0 aromatic rings. The Kier molecular flexibility index (Phi) is 3.01. The summed E-state index contributed by atoms with van der Waals surface area (Å²) in [6, 6.07) is 0.321.